The van der Waals surface area contributed by atoms with Gasteiger partial charge in [-0.25, -0.2) is 0 Å². The monoisotopic (exact) mass is 264 g/mol. The largest absolute Gasteiger partial charge is 0.341 e. The Morgan fingerprint density at radius 3 is 2.61 bits per heavy atom. The topological polar surface area (TPSA) is 23.6 Å². The number of nitrogens with zero attached hydrogens (tertiary/aromatic N) is 2. The lowest BCUT2D eigenvalue weighted by Crippen LogP contribution is -2.35. The Labute approximate surface area is 114 Å². The van der Waals surface area contributed by atoms with E-state index in [1.807, 2.05) is 11.0 Å². The summed E-state index contributed by atoms with van der Waals surface area (Å²) in [7, 11) is 0. The fraction of sp³-hybridized carbons (Fsp3) is 0.500. The summed E-state index contributed by atoms with van der Waals surface area (Å²) in [6, 6.07) is 10.5. The average Bonchev–Trinajstić information content (AvgIpc) is 2.65. The van der Waals surface area contributed by atoms with Crippen LogP contribution in [0.4, 0.5) is 0 Å². The Balaban J connectivity index is 1.87. The van der Waals surface area contributed by atoms with Gasteiger partial charge in [0.05, 0.1) is 5.75 Å². The standard InChI is InChI=1S/C14H20N2OS/c17-14(12-18)16-8-4-7-15(9-10-16)11-13-5-2-1-3-6-13/h1-3,5-6,18H,4,7-12H2. The Bertz CT molecular complexity index is 383. The first-order valence-electron chi connectivity index (χ1n) is 6.44. The van der Waals surface area contributed by atoms with E-state index in [0.717, 1.165) is 39.1 Å². The first kappa shape index (κ1) is 13.4. The van der Waals surface area contributed by atoms with Crippen molar-refractivity contribution in [3.05, 3.63) is 35.9 Å². The second kappa shape index (κ2) is 6.81. The Morgan fingerprint density at radius 1 is 1.11 bits per heavy atom. The molecule has 0 aliphatic carbocycles. The molecular weight excluding hydrogens is 244 g/mol. The molecule has 4 heteroatoms. The fourth-order valence-corrected chi connectivity index (χ4v) is 2.52. The summed E-state index contributed by atoms with van der Waals surface area (Å²) in [6.07, 6.45) is 1.05. The molecule has 0 spiro atoms. The number of benzene rings is 1. The third kappa shape index (κ3) is 3.75. The summed E-state index contributed by atoms with van der Waals surface area (Å²) in [5.74, 6) is 0.471. The van der Waals surface area contributed by atoms with Gasteiger partial charge in [0.25, 0.3) is 0 Å². The van der Waals surface area contributed by atoms with Crippen LogP contribution in [-0.4, -0.2) is 47.6 Å². The zero-order valence-corrected chi connectivity index (χ0v) is 11.5. The van der Waals surface area contributed by atoms with Crippen molar-refractivity contribution in [3.8, 4) is 0 Å². The van der Waals surface area contributed by atoms with Gasteiger partial charge in [-0.15, -0.1) is 0 Å². The molecule has 1 amide bonds. The molecule has 0 N–H and O–H groups in total. The van der Waals surface area contributed by atoms with Gasteiger partial charge in [0, 0.05) is 32.7 Å². The Hall–Kier alpha value is -1.00. The molecule has 1 aliphatic heterocycles. The molecule has 0 unspecified atom stereocenters. The second-order valence-electron chi connectivity index (χ2n) is 4.65. The highest BCUT2D eigenvalue weighted by molar-refractivity contribution is 7.81. The van der Waals surface area contributed by atoms with Gasteiger partial charge in [-0.2, -0.15) is 12.6 Å². The van der Waals surface area contributed by atoms with Crippen molar-refractivity contribution in [1.29, 1.82) is 0 Å². The zero-order valence-electron chi connectivity index (χ0n) is 10.6. The van der Waals surface area contributed by atoms with Crippen LogP contribution in [0.5, 0.6) is 0 Å². The summed E-state index contributed by atoms with van der Waals surface area (Å²) in [5, 5.41) is 0. The number of amides is 1. The van der Waals surface area contributed by atoms with Gasteiger partial charge in [-0.3, -0.25) is 9.69 Å². The maximum atomic E-state index is 11.6. The number of hydrogen-bond acceptors (Lipinski definition) is 3. The molecule has 0 radical (unpaired) electrons. The van der Waals surface area contributed by atoms with E-state index in [0.29, 0.717) is 5.75 Å². The van der Waals surface area contributed by atoms with Crippen molar-refractivity contribution in [1.82, 2.24) is 9.80 Å². The van der Waals surface area contributed by atoms with Crippen LogP contribution in [-0.2, 0) is 11.3 Å². The lowest BCUT2D eigenvalue weighted by atomic mass is 10.2. The summed E-state index contributed by atoms with van der Waals surface area (Å²) in [5.41, 5.74) is 1.34. The van der Waals surface area contributed by atoms with Gasteiger partial charge >= 0.3 is 0 Å². The van der Waals surface area contributed by atoms with E-state index in [-0.39, 0.29) is 5.91 Å². The van der Waals surface area contributed by atoms with E-state index < -0.39 is 0 Å². The number of thiol groups is 1. The van der Waals surface area contributed by atoms with Crippen LogP contribution in [0.25, 0.3) is 0 Å². The minimum absolute atomic E-state index is 0.153. The van der Waals surface area contributed by atoms with Crippen molar-refractivity contribution < 1.29 is 4.79 Å². The highest BCUT2D eigenvalue weighted by Gasteiger charge is 2.17. The third-order valence-corrected chi connectivity index (χ3v) is 3.60. The molecule has 0 bridgehead atoms. The molecule has 1 fully saturated rings. The molecule has 1 aliphatic rings. The quantitative estimate of drug-likeness (QED) is 0.839. The van der Waals surface area contributed by atoms with Crippen molar-refractivity contribution >= 4 is 18.5 Å². The summed E-state index contributed by atoms with van der Waals surface area (Å²) >= 11 is 4.06. The number of carbonyl (C=O) groups excluding carboxylic acids is 1. The van der Waals surface area contributed by atoms with Gasteiger partial charge in [-0.05, 0) is 12.0 Å². The molecule has 98 valence electrons. The molecule has 1 heterocycles. The van der Waals surface area contributed by atoms with Gasteiger partial charge < -0.3 is 4.90 Å². The normalized spacial score (nSPS) is 17.5. The highest BCUT2D eigenvalue weighted by atomic mass is 32.1. The van der Waals surface area contributed by atoms with Crippen molar-refractivity contribution in [3.63, 3.8) is 0 Å². The summed E-state index contributed by atoms with van der Waals surface area (Å²) < 4.78 is 0. The minimum Gasteiger partial charge on any atom is -0.341 e. The predicted molar refractivity (Wildman–Crippen MR) is 76.8 cm³/mol. The molecule has 3 nitrogen and oxygen atoms in total. The lowest BCUT2D eigenvalue weighted by Gasteiger charge is -2.21. The SMILES string of the molecule is O=C(CS)N1CCCN(Cc2ccccc2)CC1. The van der Waals surface area contributed by atoms with Crippen molar-refractivity contribution in [2.45, 2.75) is 13.0 Å². The molecule has 18 heavy (non-hydrogen) atoms. The zero-order chi connectivity index (χ0) is 12.8. The van der Waals surface area contributed by atoms with E-state index in [4.69, 9.17) is 0 Å². The molecule has 0 atom stereocenters. The van der Waals surface area contributed by atoms with E-state index in [1.54, 1.807) is 0 Å². The number of hydrogen-bond donors (Lipinski definition) is 1. The molecule has 0 saturated carbocycles. The smallest absolute Gasteiger partial charge is 0.232 e. The van der Waals surface area contributed by atoms with Crippen LogP contribution in [0, 0.1) is 0 Å². The van der Waals surface area contributed by atoms with Crippen molar-refractivity contribution in [2.75, 3.05) is 31.9 Å². The Morgan fingerprint density at radius 2 is 1.89 bits per heavy atom. The van der Waals surface area contributed by atoms with Crippen LogP contribution < -0.4 is 0 Å². The van der Waals surface area contributed by atoms with E-state index in [1.165, 1.54) is 5.56 Å². The molecule has 2 rings (SSSR count). The predicted octanol–water partition coefficient (Wildman–Crippen LogP) is 1.65. The van der Waals surface area contributed by atoms with Crippen LogP contribution >= 0.6 is 12.6 Å². The summed E-state index contributed by atoms with van der Waals surface area (Å²) in [4.78, 5) is 16.0. The van der Waals surface area contributed by atoms with Crippen LogP contribution in [0.15, 0.2) is 30.3 Å². The van der Waals surface area contributed by atoms with Crippen LogP contribution in [0.2, 0.25) is 0 Å². The van der Waals surface area contributed by atoms with Crippen molar-refractivity contribution in [2.24, 2.45) is 0 Å². The fourth-order valence-electron chi connectivity index (χ4n) is 2.32. The van der Waals surface area contributed by atoms with Crippen LogP contribution in [0.3, 0.4) is 0 Å². The van der Waals surface area contributed by atoms with Gasteiger partial charge in [0.2, 0.25) is 5.91 Å². The third-order valence-electron chi connectivity index (χ3n) is 3.33. The van der Waals surface area contributed by atoms with Gasteiger partial charge in [0.1, 0.15) is 0 Å². The molecule has 1 aromatic carbocycles. The average molecular weight is 264 g/mol. The van der Waals surface area contributed by atoms with E-state index in [9.17, 15) is 4.79 Å². The van der Waals surface area contributed by atoms with Gasteiger partial charge in [-0.1, -0.05) is 30.3 Å². The van der Waals surface area contributed by atoms with Gasteiger partial charge in [0.15, 0.2) is 0 Å². The maximum Gasteiger partial charge on any atom is 0.232 e. The molecule has 1 aromatic rings. The second-order valence-corrected chi connectivity index (χ2v) is 4.97. The Kier molecular flexibility index (Phi) is 5.08. The number of rotatable bonds is 3. The lowest BCUT2D eigenvalue weighted by molar-refractivity contribution is -0.128. The molecular formula is C14H20N2OS. The highest BCUT2D eigenvalue weighted by Crippen LogP contribution is 2.09. The minimum atomic E-state index is 0.153. The first-order chi connectivity index (χ1) is 8.79. The maximum absolute atomic E-state index is 11.6. The summed E-state index contributed by atoms with van der Waals surface area (Å²) in [6.45, 7) is 4.68. The van der Waals surface area contributed by atoms with Crippen LogP contribution in [0.1, 0.15) is 12.0 Å². The molecule has 1 saturated heterocycles. The number of carbonyl (C=O) groups is 1. The van der Waals surface area contributed by atoms with E-state index in [2.05, 4.69) is 41.8 Å². The van der Waals surface area contributed by atoms with E-state index >= 15 is 0 Å². The molecule has 0 aromatic heterocycles. The first-order valence-corrected chi connectivity index (χ1v) is 7.08.